The number of carbonyl (C=O) groups is 7. The second-order valence-corrected chi connectivity index (χ2v) is 14.1. The number of aromatic hydroxyl groups is 2. The Morgan fingerprint density at radius 2 is 1.25 bits per heavy atom. The molecule has 0 saturated carbocycles. The number of benzene rings is 3. The fourth-order valence-electron chi connectivity index (χ4n) is 5.87. The Kier molecular flexibility index (Phi) is 19.2. The zero-order valence-electron chi connectivity index (χ0n) is 34.5. The maximum atomic E-state index is 14.1. The molecule has 3 aromatic rings. The van der Waals surface area contributed by atoms with Crippen molar-refractivity contribution in [2.75, 3.05) is 5.32 Å². The minimum Gasteiger partial charge on any atom is -0.508 e. The lowest BCUT2D eigenvalue weighted by Crippen LogP contribution is -2.52. The number of nitrogens with one attached hydrogen (secondary N) is 6. The Labute approximate surface area is 353 Å². The molecule has 6 amide bonds. The lowest BCUT2D eigenvalue weighted by atomic mass is 10.0. The van der Waals surface area contributed by atoms with Gasteiger partial charge < -0.3 is 52.3 Å². The van der Waals surface area contributed by atoms with Crippen molar-refractivity contribution in [1.29, 1.82) is 0 Å². The van der Waals surface area contributed by atoms with Crippen molar-refractivity contribution in [3.05, 3.63) is 113 Å². The summed E-state index contributed by atoms with van der Waals surface area (Å²) in [5.41, 5.74) is 0.629. The molecular formula is C44H54N6O11. The van der Waals surface area contributed by atoms with Crippen LogP contribution >= 0.6 is 0 Å². The Hall–Kier alpha value is -7.01. The van der Waals surface area contributed by atoms with Crippen LogP contribution in [0, 0.1) is 0 Å². The molecule has 0 aliphatic carbocycles. The highest BCUT2D eigenvalue weighted by molar-refractivity contribution is 6.05. The number of carbonyl (C=O) groups excluding carboxylic acids is 6. The van der Waals surface area contributed by atoms with Crippen LogP contribution in [0.2, 0.25) is 0 Å². The average Bonchev–Trinajstić information content (AvgIpc) is 3.23. The third-order valence-electron chi connectivity index (χ3n) is 9.32. The van der Waals surface area contributed by atoms with Crippen molar-refractivity contribution in [3.8, 4) is 11.5 Å². The summed E-state index contributed by atoms with van der Waals surface area (Å²) in [6.07, 6.45) is 6.07. The molecule has 10 N–H and O–H groups in total. The lowest BCUT2D eigenvalue weighted by Gasteiger charge is -2.24. The minimum atomic E-state index is -1.56. The number of carboxylic acids is 1. The monoisotopic (exact) mass is 842 g/mol. The van der Waals surface area contributed by atoms with Crippen molar-refractivity contribution in [2.45, 2.75) is 96.9 Å². The summed E-state index contributed by atoms with van der Waals surface area (Å²) in [4.78, 5) is 91.5. The largest absolute Gasteiger partial charge is 0.508 e. The summed E-state index contributed by atoms with van der Waals surface area (Å²) in [5.74, 6) is -5.99. The Morgan fingerprint density at radius 3 is 1.80 bits per heavy atom. The molecule has 0 spiro atoms. The number of allylic oxidation sites excluding steroid dienone is 2. The highest BCUT2D eigenvalue weighted by atomic mass is 16.4. The molecule has 3 rings (SSSR count). The third kappa shape index (κ3) is 15.6. The van der Waals surface area contributed by atoms with E-state index >= 15 is 0 Å². The molecule has 0 aliphatic rings. The summed E-state index contributed by atoms with van der Waals surface area (Å²) in [6, 6.07) is 12.2. The molecule has 0 bridgehead atoms. The van der Waals surface area contributed by atoms with Gasteiger partial charge in [-0.3, -0.25) is 28.8 Å². The van der Waals surface area contributed by atoms with Crippen LogP contribution in [0.15, 0.2) is 96.3 Å². The molecule has 0 aliphatic heterocycles. The van der Waals surface area contributed by atoms with E-state index in [0.717, 1.165) is 25.7 Å². The number of rotatable bonds is 22. The summed E-state index contributed by atoms with van der Waals surface area (Å²) in [5, 5.41) is 54.0. The SMILES string of the molecule is CC=C(NC(=O)CCCCCCC)C(=O)NC(=CC)C(=O)NC(Cc1ccc(O)cc1)C(=O)NC(C(=O)Nc1ccc(C(=O)NC(C(=O)O)C(C)O)cc1)c1ccc(O)cc1. The zero-order chi connectivity index (χ0) is 45.1. The van der Waals surface area contributed by atoms with E-state index in [1.807, 2.05) is 0 Å². The van der Waals surface area contributed by atoms with Gasteiger partial charge in [0.15, 0.2) is 6.04 Å². The highest BCUT2D eigenvalue weighted by Gasteiger charge is 2.30. The van der Waals surface area contributed by atoms with Crippen LogP contribution in [-0.4, -0.2) is 80.0 Å². The van der Waals surface area contributed by atoms with E-state index in [0.29, 0.717) is 12.0 Å². The number of phenolic OH excluding ortho intramolecular Hbond substituents is 2. The smallest absolute Gasteiger partial charge is 0.328 e. The predicted molar refractivity (Wildman–Crippen MR) is 226 cm³/mol. The van der Waals surface area contributed by atoms with Gasteiger partial charge in [-0.1, -0.05) is 69.0 Å². The number of aliphatic hydroxyl groups excluding tert-OH is 1. The molecule has 0 aromatic heterocycles. The number of anilines is 1. The van der Waals surface area contributed by atoms with Gasteiger partial charge in [-0.25, -0.2) is 4.79 Å². The van der Waals surface area contributed by atoms with Gasteiger partial charge in [0.25, 0.3) is 23.6 Å². The molecule has 0 heterocycles. The Balaban J connectivity index is 1.83. The maximum Gasteiger partial charge on any atom is 0.328 e. The summed E-state index contributed by atoms with van der Waals surface area (Å²) >= 11 is 0. The molecule has 0 radical (unpaired) electrons. The van der Waals surface area contributed by atoms with Crippen LogP contribution in [0.4, 0.5) is 5.69 Å². The van der Waals surface area contributed by atoms with E-state index in [9.17, 15) is 54.0 Å². The number of aliphatic hydroxyl groups is 1. The first kappa shape index (κ1) is 48.4. The van der Waals surface area contributed by atoms with E-state index < -0.39 is 59.7 Å². The number of carboxylic acid groups (broad SMARTS) is 1. The zero-order valence-corrected chi connectivity index (χ0v) is 34.5. The number of hydrogen-bond acceptors (Lipinski definition) is 10. The summed E-state index contributed by atoms with van der Waals surface area (Å²) in [7, 11) is 0. The van der Waals surface area contributed by atoms with E-state index in [4.69, 9.17) is 0 Å². The molecule has 4 atom stereocenters. The molecular weight excluding hydrogens is 789 g/mol. The Morgan fingerprint density at radius 1 is 0.672 bits per heavy atom. The van der Waals surface area contributed by atoms with Crippen LogP contribution in [0.5, 0.6) is 11.5 Å². The standard InChI is InChI=1S/C44H54N6O11/c1-5-8-9-10-11-12-36(54)46-33(6-2)40(56)47-34(7-3)41(57)48-35(25-27-13-21-31(52)22-14-27)42(58)50-38(28-17-23-32(53)24-18-28)43(59)45-30-19-15-29(16-20-30)39(55)49-37(26(4)51)44(60)61/h6-7,13-24,26,35,37-38,51-53H,5,8-12,25H2,1-4H3,(H,45,59)(H,46,54)(H,47,56)(H,48,57)(H,49,55)(H,50,58)(H,60,61). The summed E-state index contributed by atoms with van der Waals surface area (Å²) < 4.78 is 0. The molecule has 3 aromatic carbocycles. The number of phenols is 2. The Bertz CT molecular complexity index is 2060. The first-order valence-corrected chi connectivity index (χ1v) is 19.8. The summed E-state index contributed by atoms with van der Waals surface area (Å²) in [6.45, 7) is 6.34. The number of hydrogen-bond donors (Lipinski definition) is 10. The molecule has 0 fully saturated rings. The predicted octanol–water partition coefficient (Wildman–Crippen LogP) is 3.59. The lowest BCUT2D eigenvalue weighted by molar-refractivity contribution is -0.141. The first-order valence-electron chi connectivity index (χ1n) is 19.8. The van der Waals surface area contributed by atoms with Crippen LogP contribution in [0.3, 0.4) is 0 Å². The minimum absolute atomic E-state index is 0.0256. The second-order valence-electron chi connectivity index (χ2n) is 14.1. The molecule has 326 valence electrons. The molecule has 0 saturated heterocycles. The van der Waals surface area contributed by atoms with E-state index in [-0.39, 0.29) is 58.5 Å². The van der Waals surface area contributed by atoms with Crippen molar-refractivity contribution in [2.24, 2.45) is 0 Å². The van der Waals surface area contributed by atoms with Gasteiger partial charge in [0.05, 0.1) is 6.10 Å². The highest BCUT2D eigenvalue weighted by Crippen LogP contribution is 2.21. The fourth-order valence-corrected chi connectivity index (χ4v) is 5.87. The van der Waals surface area contributed by atoms with Gasteiger partial charge in [0.1, 0.15) is 35.0 Å². The molecule has 17 nitrogen and oxygen atoms in total. The van der Waals surface area contributed by atoms with Gasteiger partial charge in [-0.15, -0.1) is 0 Å². The van der Waals surface area contributed by atoms with Gasteiger partial charge in [-0.05, 0) is 86.8 Å². The molecule has 61 heavy (non-hydrogen) atoms. The van der Waals surface area contributed by atoms with Crippen LogP contribution in [0.25, 0.3) is 0 Å². The van der Waals surface area contributed by atoms with Crippen molar-refractivity contribution < 1.29 is 54.0 Å². The van der Waals surface area contributed by atoms with Crippen molar-refractivity contribution >= 4 is 47.1 Å². The molecule has 17 heteroatoms. The topological polar surface area (TPSA) is 273 Å². The quantitative estimate of drug-likeness (QED) is 0.0516. The second kappa shape index (κ2) is 24.2. The van der Waals surface area contributed by atoms with Crippen molar-refractivity contribution in [3.63, 3.8) is 0 Å². The number of unbranched alkanes of at least 4 members (excludes halogenated alkanes) is 4. The van der Waals surface area contributed by atoms with Gasteiger partial charge in [0, 0.05) is 24.1 Å². The number of aliphatic carboxylic acids is 1. The van der Waals surface area contributed by atoms with E-state index in [1.165, 1.54) is 98.8 Å². The third-order valence-corrected chi connectivity index (χ3v) is 9.32. The van der Waals surface area contributed by atoms with E-state index in [1.54, 1.807) is 6.92 Å². The van der Waals surface area contributed by atoms with Crippen LogP contribution < -0.4 is 31.9 Å². The van der Waals surface area contributed by atoms with Crippen LogP contribution in [0.1, 0.15) is 93.7 Å². The van der Waals surface area contributed by atoms with Gasteiger partial charge >= 0.3 is 5.97 Å². The van der Waals surface area contributed by atoms with E-state index in [2.05, 4.69) is 38.8 Å². The van der Waals surface area contributed by atoms with Gasteiger partial charge in [-0.2, -0.15) is 0 Å². The van der Waals surface area contributed by atoms with Gasteiger partial charge in [0.2, 0.25) is 11.8 Å². The average molecular weight is 843 g/mol. The van der Waals surface area contributed by atoms with Crippen molar-refractivity contribution in [1.82, 2.24) is 26.6 Å². The first-order chi connectivity index (χ1) is 29.1. The molecule has 4 unspecified atom stereocenters. The van der Waals surface area contributed by atoms with Crippen LogP contribution in [-0.2, 0) is 35.2 Å². The fraction of sp³-hybridized carbons (Fsp3) is 0.341. The maximum absolute atomic E-state index is 14.1. The normalized spacial score (nSPS) is 13.4. The number of amides is 6.